The smallest absolute Gasteiger partial charge is 0.306 e. The van der Waals surface area contributed by atoms with Crippen LogP contribution in [0.5, 0.6) is 0 Å². The van der Waals surface area contributed by atoms with Gasteiger partial charge in [-0.15, -0.1) is 0 Å². The Morgan fingerprint density at radius 3 is 1.03 bits per heavy atom. The summed E-state index contributed by atoms with van der Waals surface area (Å²) in [6, 6.07) is 0. The highest BCUT2D eigenvalue weighted by molar-refractivity contribution is 5.71. The van der Waals surface area contributed by atoms with Crippen molar-refractivity contribution >= 4 is 17.9 Å². The van der Waals surface area contributed by atoms with E-state index in [4.69, 9.17) is 14.2 Å². The van der Waals surface area contributed by atoms with Crippen LogP contribution in [0.2, 0.25) is 0 Å². The fourth-order valence-electron chi connectivity index (χ4n) is 7.35. The molecule has 0 saturated heterocycles. The molecular weight excluding hydrogens is 757 g/mol. The second kappa shape index (κ2) is 50.0. The van der Waals surface area contributed by atoms with Crippen molar-refractivity contribution in [3.63, 3.8) is 0 Å². The summed E-state index contributed by atoms with van der Waals surface area (Å²) in [5.74, 6) is -0.927. The summed E-state index contributed by atoms with van der Waals surface area (Å²) < 4.78 is 16.7. The van der Waals surface area contributed by atoms with Gasteiger partial charge in [0.05, 0.1) is 0 Å². The average Bonchev–Trinajstić information content (AvgIpc) is 3.26. The number of hydrogen-bond acceptors (Lipinski definition) is 6. The Hall–Kier alpha value is -2.63. The van der Waals surface area contributed by atoms with Gasteiger partial charge in [0.15, 0.2) is 6.10 Å². The first-order valence-corrected chi connectivity index (χ1v) is 26.1. The Morgan fingerprint density at radius 2 is 0.639 bits per heavy atom. The predicted octanol–water partition coefficient (Wildman–Crippen LogP) is 17.1. The van der Waals surface area contributed by atoms with Gasteiger partial charge in [0.25, 0.3) is 0 Å². The van der Waals surface area contributed by atoms with Crippen LogP contribution < -0.4 is 0 Å². The number of hydrogen-bond donors (Lipinski definition) is 0. The van der Waals surface area contributed by atoms with Gasteiger partial charge < -0.3 is 14.2 Å². The van der Waals surface area contributed by atoms with E-state index in [2.05, 4.69) is 69.4 Å². The standard InChI is InChI=1S/C55H98O6/c1-4-7-10-13-16-19-21-23-25-27-29-31-33-36-39-42-45-48-54(57)60-51-52(50-59-53(56)47-44-41-38-35-18-15-12-9-6-3)61-55(58)49-46-43-40-37-34-32-30-28-26-24-22-20-17-14-11-8-5-2/h9,12,18,23-26,35,52H,4-8,10-11,13-17,19-22,27-34,36-51H2,1-3H3/b12-9-,25-23-,26-24-,35-18-. The molecule has 0 aromatic rings. The third-order valence-corrected chi connectivity index (χ3v) is 11.3. The Balaban J connectivity index is 4.32. The van der Waals surface area contributed by atoms with Gasteiger partial charge in [0.1, 0.15) is 13.2 Å². The molecule has 0 radical (unpaired) electrons. The van der Waals surface area contributed by atoms with Gasteiger partial charge in [-0.25, -0.2) is 0 Å². The quantitative estimate of drug-likeness (QED) is 0.0263. The molecule has 0 aliphatic carbocycles. The molecule has 0 amide bonds. The number of ether oxygens (including phenoxy) is 3. The van der Waals surface area contributed by atoms with E-state index in [0.29, 0.717) is 19.3 Å². The van der Waals surface area contributed by atoms with Crippen LogP contribution in [0.15, 0.2) is 48.6 Å². The number of rotatable bonds is 47. The zero-order valence-electron chi connectivity index (χ0n) is 40.4. The van der Waals surface area contributed by atoms with Crippen molar-refractivity contribution in [3.05, 3.63) is 48.6 Å². The van der Waals surface area contributed by atoms with Crippen molar-refractivity contribution in [1.82, 2.24) is 0 Å². The van der Waals surface area contributed by atoms with Crippen LogP contribution in [-0.4, -0.2) is 37.2 Å². The van der Waals surface area contributed by atoms with E-state index in [1.54, 1.807) is 0 Å². The van der Waals surface area contributed by atoms with Gasteiger partial charge in [-0.05, 0) is 96.3 Å². The van der Waals surface area contributed by atoms with Gasteiger partial charge in [0, 0.05) is 19.3 Å². The minimum Gasteiger partial charge on any atom is -0.462 e. The first-order valence-electron chi connectivity index (χ1n) is 26.1. The Kier molecular flexibility index (Phi) is 47.9. The minimum atomic E-state index is -0.787. The second-order valence-electron chi connectivity index (χ2n) is 17.4. The highest BCUT2D eigenvalue weighted by Gasteiger charge is 2.19. The summed E-state index contributed by atoms with van der Waals surface area (Å²) in [7, 11) is 0. The number of unbranched alkanes of at least 4 members (excludes halogenated alkanes) is 28. The van der Waals surface area contributed by atoms with Gasteiger partial charge in [-0.1, -0.05) is 198 Å². The van der Waals surface area contributed by atoms with E-state index >= 15 is 0 Å². The molecule has 0 bridgehead atoms. The maximum absolute atomic E-state index is 12.8. The highest BCUT2D eigenvalue weighted by Crippen LogP contribution is 2.15. The molecule has 1 unspecified atom stereocenters. The maximum Gasteiger partial charge on any atom is 0.306 e. The first kappa shape index (κ1) is 58.4. The topological polar surface area (TPSA) is 78.9 Å². The predicted molar refractivity (Wildman–Crippen MR) is 261 cm³/mol. The summed E-state index contributed by atoms with van der Waals surface area (Å²) in [4.78, 5) is 37.9. The van der Waals surface area contributed by atoms with Crippen molar-refractivity contribution in [3.8, 4) is 0 Å². The molecule has 0 saturated carbocycles. The molecule has 0 aliphatic heterocycles. The molecule has 6 heteroatoms. The molecule has 0 aromatic heterocycles. The van der Waals surface area contributed by atoms with Crippen LogP contribution in [0, 0.1) is 0 Å². The fourth-order valence-corrected chi connectivity index (χ4v) is 7.35. The lowest BCUT2D eigenvalue weighted by molar-refractivity contribution is -0.167. The van der Waals surface area contributed by atoms with Crippen molar-refractivity contribution < 1.29 is 28.6 Å². The third kappa shape index (κ3) is 48.3. The number of esters is 3. The normalized spacial score (nSPS) is 12.4. The maximum atomic E-state index is 12.8. The number of carbonyl (C=O) groups excluding carboxylic acids is 3. The Morgan fingerprint density at radius 1 is 0.344 bits per heavy atom. The summed E-state index contributed by atoms with van der Waals surface area (Å²) in [6.45, 7) is 6.48. The van der Waals surface area contributed by atoms with Crippen LogP contribution >= 0.6 is 0 Å². The van der Waals surface area contributed by atoms with Crippen molar-refractivity contribution in [2.45, 2.75) is 271 Å². The Labute approximate surface area is 378 Å². The Bertz CT molecular complexity index is 1070. The molecule has 0 aromatic carbocycles. The summed E-state index contributed by atoms with van der Waals surface area (Å²) in [5.41, 5.74) is 0. The average molecular weight is 855 g/mol. The lowest BCUT2D eigenvalue weighted by Crippen LogP contribution is -2.30. The van der Waals surface area contributed by atoms with E-state index in [0.717, 1.165) is 70.6 Å². The van der Waals surface area contributed by atoms with E-state index in [1.807, 2.05) is 0 Å². The van der Waals surface area contributed by atoms with Crippen molar-refractivity contribution in [2.75, 3.05) is 13.2 Å². The summed E-state index contributed by atoms with van der Waals surface area (Å²) in [6.07, 6.45) is 59.7. The van der Waals surface area contributed by atoms with E-state index in [9.17, 15) is 14.4 Å². The summed E-state index contributed by atoms with van der Waals surface area (Å²) in [5, 5.41) is 0. The molecule has 0 fully saturated rings. The van der Waals surface area contributed by atoms with E-state index < -0.39 is 6.10 Å². The molecule has 61 heavy (non-hydrogen) atoms. The molecule has 1 atom stereocenters. The van der Waals surface area contributed by atoms with Crippen LogP contribution in [0.4, 0.5) is 0 Å². The second-order valence-corrected chi connectivity index (χ2v) is 17.4. The molecule has 354 valence electrons. The molecule has 0 aliphatic rings. The molecule has 0 spiro atoms. The molecule has 0 heterocycles. The van der Waals surface area contributed by atoms with E-state index in [1.165, 1.54) is 154 Å². The lowest BCUT2D eigenvalue weighted by Gasteiger charge is -2.18. The van der Waals surface area contributed by atoms with Crippen LogP contribution in [0.3, 0.4) is 0 Å². The van der Waals surface area contributed by atoms with Crippen molar-refractivity contribution in [2.24, 2.45) is 0 Å². The number of allylic oxidation sites excluding steroid dienone is 8. The molecule has 0 N–H and O–H groups in total. The van der Waals surface area contributed by atoms with E-state index in [-0.39, 0.29) is 31.1 Å². The van der Waals surface area contributed by atoms with Crippen LogP contribution in [0.1, 0.15) is 265 Å². The lowest BCUT2D eigenvalue weighted by atomic mass is 10.1. The molecular formula is C55H98O6. The SMILES string of the molecule is CC/C=C\C/C=C\CCCCC(=O)OCC(COC(=O)CCCCCCCCC/C=C\CCCCCCCC)OC(=O)CCCCCCCCC/C=C\CCCCCCCC. The van der Waals surface area contributed by atoms with Gasteiger partial charge in [-0.3, -0.25) is 14.4 Å². The third-order valence-electron chi connectivity index (χ3n) is 11.3. The minimum absolute atomic E-state index is 0.0865. The molecule has 0 rings (SSSR count). The van der Waals surface area contributed by atoms with Gasteiger partial charge >= 0.3 is 17.9 Å². The fraction of sp³-hybridized carbons (Fsp3) is 0.800. The summed E-state index contributed by atoms with van der Waals surface area (Å²) >= 11 is 0. The zero-order chi connectivity index (χ0) is 44.4. The van der Waals surface area contributed by atoms with Crippen LogP contribution in [0.25, 0.3) is 0 Å². The molecule has 6 nitrogen and oxygen atoms in total. The monoisotopic (exact) mass is 855 g/mol. The van der Waals surface area contributed by atoms with Crippen molar-refractivity contribution in [1.29, 1.82) is 0 Å². The largest absolute Gasteiger partial charge is 0.462 e. The highest BCUT2D eigenvalue weighted by atomic mass is 16.6. The van der Waals surface area contributed by atoms with Crippen LogP contribution in [-0.2, 0) is 28.6 Å². The first-order chi connectivity index (χ1) is 30.0. The zero-order valence-corrected chi connectivity index (χ0v) is 40.4. The van der Waals surface area contributed by atoms with Gasteiger partial charge in [0.2, 0.25) is 0 Å². The number of carbonyl (C=O) groups is 3. The van der Waals surface area contributed by atoms with Gasteiger partial charge in [-0.2, -0.15) is 0 Å².